The monoisotopic (exact) mass is 624 g/mol. The van der Waals surface area contributed by atoms with E-state index < -0.39 is 11.6 Å². The Morgan fingerprint density at radius 2 is 2.12 bits per heavy atom. The summed E-state index contributed by atoms with van der Waals surface area (Å²) in [5.41, 5.74) is 6.30. The Labute approximate surface area is 254 Å². The minimum absolute atomic E-state index is 0.00457. The van der Waals surface area contributed by atoms with E-state index in [1.165, 1.54) is 18.2 Å². The standard InChI is InChI=1S/C29H27ClF2N8O2S/c1-2-21(41)40-12-15(13-40)35-27-18-11-19(30)22(17-6-7-20(31)26-25(17)36-28(34)43-26)23(32)24(18)37-29(38-27)42-14-16-5-3-9-39(16)10-4-8-33/h2,6-7,11,15-16H,1,3-5,9-10,12-14H2,(H2,34,36)(H,35,37,38). The number of hydrogen-bond donors (Lipinski definition) is 2. The highest BCUT2D eigenvalue weighted by atomic mass is 35.5. The van der Waals surface area contributed by atoms with Crippen molar-refractivity contribution in [2.75, 3.05) is 43.8 Å². The Morgan fingerprint density at radius 1 is 1.30 bits per heavy atom. The minimum Gasteiger partial charge on any atom is -0.462 e. The predicted octanol–water partition coefficient (Wildman–Crippen LogP) is 4.99. The van der Waals surface area contributed by atoms with Crippen molar-refractivity contribution in [3.05, 3.63) is 47.5 Å². The van der Waals surface area contributed by atoms with Crippen molar-refractivity contribution in [2.24, 2.45) is 0 Å². The van der Waals surface area contributed by atoms with E-state index in [0.717, 1.165) is 30.7 Å². The van der Waals surface area contributed by atoms with E-state index in [4.69, 9.17) is 27.3 Å². The summed E-state index contributed by atoms with van der Waals surface area (Å²) in [5, 5.41) is 12.8. The lowest BCUT2D eigenvalue weighted by atomic mass is 10.0. The number of halogens is 3. The van der Waals surface area contributed by atoms with Gasteiger partial charge in [-0.1, -0.05) is 29.5 Å². The summed E-state index contributed by atoms with van der Waals surface area (Å²) in [5.74, 6) is -1.14. The molecule has 10 nitrogen and oxygen atoms in total. The van der Waals surface area contributed by atoms with E-state index in [0.29, 0.717) is 37.3 Å². The Kier molecular flexibility index (Phi) is 8.00. The summed E-state index contributed by atoms with van der Waals surface area (Å²) in [6.45, 7) is 6.12. The van der Waals surface area contributed by atoms with E-state index in [-0.39, 0.29) is 67.6 Å². The van der Waals surface area contributed by atoms with Gasteiger partial charge in [-0.15, -0.1) is 0 Å². The van der Waals surface area contributed by atoms with Crippen LogP contribution in [0.1, 0.15) is 19.3 Å². The summed E-state index contributed by atoms with van der Waals surface area (Å²) in [4.78, 5) is 29.0. The van der Waals surface area contributed by atoms with Gasteiger partial charge in [0.05, 0.1) is 27.4 Å². The van der Waals surface area contributed by atoms with Crippen molar-refractivity contribution in [2.45, 2.75) is 31.3 Å². The van der Waals surface area contributed by atoms with Crippen LogP contribution in [-0.4, -0.2) is 75.5 Å². The van der Waals surface area contributed by atoms with Crippen molar-refractivity contribution < 1.29 is 18.3 Å². The minimum atomic E-state index is -0.745. The number of fused-ring (bicyclic) bond motifs is 2. The second-order valence-corrected chi connectivity index (χ2v) is 11.9. The zero-order chi connectivity index (χ0) is 30.2. The van der Waals surface area contributed by atoms with E-state index in [2.05, 4.69) is 37.8 Å². The molecule has 0 spiro atoms. The van der Waals surface area contributed by atoms with Crippen LogP contribution in [0.15, 0.2) is 30.9 Å². The molecular formula is C29H27ClF2N8O2S. The molecule has 2 saturated heterocycles. The number of nitrogen functional groups attached to an aromatic ring is 1. The quantitative estimate of drug-likeness (QED) is 0.247. The highest BCUT2D eigenvalue weighted by Crippen LogP contribution is 2.42. The Balaban J connectivity index is 1.40. The topological polar surface area (TPSA) is 133 Å². The van der Waals surface area contributed by atoms with Gasteiger partial charge in [-0.3, -0.25) is 9.69 Å². The molecule has 3 N–H and O–H groups in total. The number of anilines is 2. The molecule has 0 aliphatic carbocycles. The molecule has 1 amide bonds. The van der Waals surface area contributed by atoms with Gasteiger partial charge in [0, 0.05) is 48.6 Å². The maximum Gasteiger partial charge on any atom is 0.319 e. The molecule has 0 saturated carbocycles. The predicted molar refractivity (Wildman–Crippen MR) is 162 cm³/mol. The third kappa shape index (κ3) is 5.53. The van der Waals surface area contributed by atoms with E-state index in [1.807, 2.05) is 0 Å². The summed E-state index contributed by atoms with van der Waals surface area (Å²) >= 11 is 7.64. The number of benzene rings is 2. The lowest BCUT2D eigenvalue weighted by Gasteiger charge is -2.39. The van der Waals surface area contributed by atoms with Crippen LogP contribution in [0.25, 0.3) is 32.2 Å². The summed E-state index contributed by atoms with van der Waals surface area (Å²) in [6, 6.07) is 6.26. The SMILES string of the molecule is C=CC(=O)N1CC(Nc2nc(OCC3CCCN3CCC#N)nc3c(F)c(-c4ccc(F)c5sc(N)nc45)c(Cl)cc23)C1. The molecule has 14 heteroatoms. The maximum atomic E-state index is 16.5. The average molecular weight is 625 g/mol. The van der Waals surface area contributed by atoms with Crippen LogP contribution in [0.3, 0.4) is 0 Å². The number of nitrogens with zero attached hydrogens (tertiary/aromatic N) is 6. The van der Waals surface area contributed by atoms with Gasteiger partial charge in [-0.25, -0.2) is 13.8 Å². The fourth-order valence-corrected chi connectivity index (χ4v) is 6.66. The summed E-state index contributed by atoms with van der Waals surface area (Å²) in [7, 11) is 0. The molecule has 2 aromatic carbocycles. The van der Waals surface area contributed by atoms with Crippen LogP contribution < -0.4 is 15.8 Å². The molecule has 2 fully saturated rings. The largest absolute Gasteiger partial charge is 0.462 e. The number of aromatic nitrogens is 3. The van der Waals surface area contributed by atoms with Crippen molar-refractivity contribution in [1.82, 2.24) is 24.8 Å². The van der Waals surface area contributed by atoms with Gasteiger partial charge in [-0.2, -0.15) is 15.2 Å². The zero-order valence-corrected chi connectivity index (χ0v) is 24.5. The first-order valence-electron chi connectivity index (χ1n) is 13.7. The molecule has 2 aliphatic rings. The van der Waals surface area contributed by atoms with Crippen molar-refractivity contribution >= 4 is 60.9 Å². The third-order valence-corrected chi connectivity index (χ3v) is 8.96. The number of hydrogen-bond acceptors (Lipinski definition) is 10. The molecular weight excluding hydrogens is 598 g/mol. The molecule has 222 valence electrons. The molecule has 43 heavy (non-hydrogen) atoms. The second-order valence-electron chi connectivity index (χ2n) is 10.5. The van der Waals surface area contributed by atoms with Crippen LogP contribution in [0.2, 0.25) is 5.02 Å². The zero-order valence-electron chi connectivity index (χ0n) is 22.9. The Hall–Kier alpha value is -4.12. The maximum absolute atomic E-state index is 16.5. The van der Waals surface area contributed by atoms with Gasteiger partial charge < -0.3 is 20.7 Å². The third-order valence-electron chi connectivity index (χ3n) is 7.77. The Morgan fingerprint density at radius 3 is 2.88 bits per heavy atom. The number of carbonyl (C=O) groups is 1. The average Bonchev–Trinajstić information content (AvgIpc) is 3.60. The van der Waals surface area contributed by atoms with Crippen LogP contribution in [0.4, 0.5) is 19.7 Å². The molecule has 2 aromatic heterocycles. The highest BCUT2D eigenvalue weighted by Gasteiger charge is 2.31. The molecule has 4 heterocycles. The molecule has 1 atom stereocenters. The molecule has 1 unspecified atom stereocenters. The summed E-state index contributed by atoms with van der Waals surface area (Å²) in [6.07, 6.45) is 3.55. The van der Waals surface area contributed by atoms with Crippen molar-refractivity contribution in [3.63, 3.8) is 0 Å². The first-order chi connectivity index (χ1) is 20.8. The number of nitrogens with one attached hydrogen (secondary N) is 1. The van der Waals surface area contributed by atoms with E-state index >= 15 is 4.39 Å². The number of thiazole rings is 1. The van der Waals surface area contributed by atoms with Crippen LogP contribution in [0.5, 0.6) is 6.01 Å². The van der Waals surface area contributed by atoms with Gasteiger partial charge >= 0.3 is 6.01 Å². The fourth-order valence-electron chi connectivity index (χ4n) is 5.61. The number of rotatable bonds is 9. The van der Waals surface area contributed by atoms with Gasteiger partial charge in [0.1, 0.15) is 23.8 Å². The molecule has 0 bridgehead atoms. The highest BCUT2D eigenvalue weighted by molar-refractivity contribution is 7.22. The number of likely N-dealkylation sites (tertiary alicyclic amines) is 2. The fraction of sp³-hybridized carbons (Fsp3) is 0.345. The molecule has 0 radical (unpaired) electrons. The number of nitriles is 1. The first kappa shape index (κ1) is 29.0. The van der Waals surface area contributed by atoms with Gasteiger partial charge in [-0.05, 0) is 43.7 Å². The lowest BCUT2D eigenvalue weighted by molar-refractivity contribution is -0.129. The number of carbonyl (C=O) groups excluding carboxylic acids is 1. The lowest BCUT2D eigenvalue weighted by Crippen LogP contribution is -2.56. The van der Waals surface area contributed by atoms with Gasteiger partial charge in [0.15, 0.2) is 10.9 Å². The second kappa shape index (κ2) is 11.9. The van der Waals surface area contributed by atoms with Gasteiger partial charge in [0.2, 0.25) is 5.91 Å². The molecule has 2 aliphatic heterocycles. The van der Waals surface area contributed by atoms with Crippen molar-refractivity contribution in [1.29, 1.82) is 5.26 Å². The van der Waals surface area contributed by atoms with Gasteiger partial charge in [0.25, 0.3) is 0 Å². The summed E-state index contributed by atoms with van der Waals surface area (Å²) < 4.78 is 37.2. The van der Waals surface area contributed by atoms with Crippen LogP contribution in [-0.2, 0) is 4.79 Å². The Bertz CT molecular complexity index is 1790. The number of nitrogens with two attached hydrogens (primary N) is 1. The molecule has 4 aromatic rings. The van der Waals surface area contributed by atoms with Crippen LogP contribution in [0, 0.1) is 23.0 Å². The van der Waals surface area contributed by atoms with E-state index in [1.54, 1.807) is 11.0 Å². The smallest absolute Gasteiger partial charge is 0.319 e. The number of amides is 1. The van der Waals surface area contributed by atoms with Crippen molar-refractivity contribution in [3.8, 4) is 23.2 Å². The molecule has 6 rings (SSSR count). The van der Waals surface area contributed by atoms with E-state index in [9.17, 15) is 9.18 Å². The first-order valence-corrected chi connectivity index (χ1v) is 14.9. The normalized spacial score (nSPS) is 17.3. The number of ether oxygens (including phenoxy) is 1. The van der Waals surface area contributed by atoms with Crippen LogP contribution >= 0.6 is 22.9 Å².